The largest absolute Gasteiger partial charge is 0.396 e. The molecule has 0 aliphatic carbocycles. The summed E-state index contributed by atoms with van der Waals surface area (Å²) in [7, 11) is 0. The van der Waals surface area contributed by atoms with Crippen LogP contribution >= 0.6 is 0 Å². The van der Waals surface area contributed by atoms with Crippen LogP contribution in [0.3, 0.4) is 0 Å². The maximum Gasteiger partial charge on any atom is 0.0433 e. The molecule has 0 aliphatic rings. The predicted octanol–water partition coefficient (Wildman–Crippen LogP) is 8.20. The van der Waals surface area contributed by atoms with E-state index < -0.39 is 0 Å². The van der Waals surface area contributed by atoms with E-state index in [9.17, 15) is 0 Å². The SMILES string of the molecule is CC(C)CCO.CC(C)CCO.CC(C)CCO.CC(C)CCO.CC(C)CCO.CC(C)CCO.CC(C)CCO.CC(C)CCO.[Ni]. The van der Waals surface area contributed by atoms with E-state index >= 15 is 0 Å². The molecule has 0 rings (SSSR count). The minimum atomic E-state index is 0. The molecule has 0 spiro atoms. The van der Waals surface area contributed by atoms with Gasteiger partial charge in [0.15, 0.2) is 0 Å². The van der Waals surface area contributed by atoms with Crippen LogP contribution in [0.15, 0.2) is 0 Å². The molecule has 0 bridgehead atoms. The molecular weight excluding hydrogens is 667 g/mol. The van der Waals surface area contributed by atoms with Crippen molar-refractivity contribution in [2.24, 2.45) is 47.3 Å². The number of rotatable bonds is 16. The van der Waals surface area contributed by atoms with Gasteiger partial charge in [-0.25, -0.2) is 0 Å². The molecule has 0 saturated carbocycles. The zero-order valence-electron chi connectivity index (χ0n) is 35.8. The van der Waals surface area contributed by atoms with E-state index in [1.165, 1.54) is 0 Å². The first-order chi connectivity index (χ1) is 22.2. The molecule has 0 saturated heterocycles. The monoisotopic (exact) mass is 763 g/mol. The summed E-state index contributed by atoms with van der Waals surface area (Å²) in [4.78, 5) is 0. The van der Waals surface area contributed by atoms with E-state index in [2.05, 4.69) is 111 Å². The van der Waals surface area contributed by atoms with E-state index in [-0.39, 0.29) is 16.5 Å². The van der Waals surface area contributed by atoms with Crippen LogP contribution < -0.4 is 0 Å². The minimum absolute atomic E-state index is 0. The predicted molar refractivity (Wildman–Crippen MR) is 212 cm³/mol. The molecule has 0 unspecified atom stereocenters. The molecule has 0 aliphatic heterocycles. The standard InChI is InChI=1S/8C5H12O.Ni/c8*1-5(2)3-4-6;/h8*5-6H,3-4H2,1-2H3;. The topological polar surface area (TPSA) is 162 Å². The van der Waals surface area contributed by atoms with Crippen molar-refractivity contribution in [1.29, 1.82) is 0 Å². The van der Waals surface area contributed by atoms with Crippen LogP contribution in [0.25, 0.3) is 0 Å². The van der Waals surface area contributed by atoms with E-state index in [0.717, 1.165) is 51.4 Å². The quantitative estimate of drug-likeness (QED) is 0.0731. The minimum Gasteiger partial charge on any atom is -0.396 e. The van der Waals surface area contributed by atoms with Crippen LogP contribution in [0.1, 0.15) is 162 Å². The first-order valence-corrected chi connectivity index (χ1v) is 19.0. The zero-order valence-corrected chi connectivity index (χ0v) is 36.8. The molecule has 0 atom stereocenters. The molecule has 0 aromatic rings. The van der Waals surface area contributed by atoms with Gasteiger partial charge in [-0.3, -0.25) is 0 Å². The third-order valence-electron chi connectivity index (χ3n) is 5.65. The van der Waals surface area contributed by atoms with Crippen molar-refractivity contribution in [3.8, 4) is 0 Å². The zero-order chi connectivity index (χ0) is 39.9. The molecule has 0 aromatic carbocycles. The summed E-state index contributed by atoms with van der Waals surface area (Å²) in [6, 6.07) is 0. The number of hydrogen-bond acceptors (Lipinski definition) is 8. The van der Waals surface area contributed by atoms with E-state index in [1.54, 1.807) is 0 Å². The van der Waals surface area contributed by atoms with Crippen LogP contribution in [0.4, 0.5) is 0 Å². The van der Waals surface area contributed by atoms with Gasteiger partial charge in [-0.2, -0.15) is 0 Å². The Bertz CT molecular complexity index is 328. The van der Waals surface area contributed by atoms with E-state index in [0.29, 0.717) is 100 Å². The third kappa shape index (κ3) is 176. The number of aliphatic hydroxyl groups is 8. The first kappa shape index (κ1) is 70.7. The normalized spacial score (nSPS) is 9.80. The Hall–Kier alpha value is 0.174. The summed E-state index contributed by atoms with van der Waals surface area (Å²) < 4.78 is 0. The fraction of sp³-hybridized carbons (Fsp3) is 1.00. The van der Waals surface area contributed by atoms with Crippen LogP contribution in [0.2, 0.25) is 0 Å². The number of hydrogen-bond donors (Lipinski definition) is 8. The van der Waals surface area contributed by atoms with Gasteiger partial charge in [-0.1, -0.05) is 111 Å². The van der Waals surface area contributed by atoms with E-state index in [1.807, 2.05) is 0 Å². The Labute approximate surface area is 318 Å². The molecule has 49 heavy (non-hydrogen) atoms. The molecule has 0 radical (unpaired) electrons. The summed E-state index contributed by atoms with van der Waals surface area (Å²) >= 11 is 0. The van der Waals surface area contributed by atoms with Gasteiger partial charge in [0.1, 0.15) is 0 Å². The summed E-state index contributed by atoms with van der Waals surface area (Å²) in [5.74, 6) is 5.19. The van der Waals surface area contributed by atoms with Crippen molar-refractivity contribution < 1.29 is 57.3 Å². The first-order valence-electron chi connectivity index (χ1n) is 19.0. The Morgan fingerprint density at radius 3 is 0.265 bits per heavy atom. The molecule has 9 heteroatoms. The average molecular weight is 764 g/mol. The number of aliphatic hydroxyl groups excluding tert-OH is 8. The second-order valence-electron chi connectivity index (χ2n) is 15.2. The molecular formula is C40H96NiO8. The Balaban J connectivity index is -0.0000000532. The van der Waals surface area contributed by atoms with Gasteiger partial charge in [0, 0.05) is 69.3 Å². The van der Waals surface area contributed by atoms with Crippen molar-refractivity contribution >= 4 is 0 Å². The second-order valence-corrected chi connectivity index (χ2v) is 15.2. The molecule has 0 heterocycles. The van der Waals surface area contributed by atoms with Crippen LogP contribution in [0.5, 0.6) is 0 Å². The molecule has 0 amide bonds. The molecule has 8 N–H and O–H groups in total. The van der Waals surface area contributed by atoms with Crippen LogP contribution in [-0.2, 0) is 16.5 Å². The van der Waals surface area contributed by atoms with Gasteiger partial charge in [-0.15, -0.1) is 0 Å². The third-order valence-corrected chi connectivity index (χ3v) is 5.65. The average Bonchev–Trinajstić information content (AvgIpc) is 2.90. The van der Waals surface area contributed by atoms with Crippen molar-refractivity contribution in [3.63, 3.8) is 0 Å². The molecule has 8 nitrogen and oxygen atoms in total. The summed E-state index contributed by atoms with van der Waals surface area (Å²) in [5.41, 5.74) is 0. The van der Waals surface area contributed by atoms with Crippen LogP contribution in [-0.4, -0.2) is 93.7 Å². The second kappa shape index (κ2) is 66.4. The molecule has 314 valence electrons. The van der Waals surface area contributed by atoms with Gasteiger partial charge in [0.2, 0.25) is 0 Å². The maximum atomic E-state index is 8.24. The smallest absolute Gasteiger partial charge is 0.0433 e. The van der Waals surface area contributed by atoms with Gasteiger partial charge in [0.05, 0.1) is 0 Å². The summed E-state index contributed by atoms with van der Waals surface area (Å²) in [5, 5.41) is 65.9. The summed E-state index contributed by atoms with van der Waals surface area (Å²) in [6.07, 6.45) is 7.44. The van der Waals surface area contributed by atoms with Crippen molar-refractivity contribution in [2.75, 3.05) is 52.9 Å². The Kier molecular flexibility index (Phi) is 95.9. The summed E-state index contributed by atoms with van der Waals surface area (Å²) in [6.45, 7) is 36.1. The molecule has 0 aromatic heterocycles. The molecule has 0 fully saturated rings. The van der Waals surface area contributed by atoms with Crippen molar-refractivity contribution in [2.45, 2.75) is 162 Å². The van der Waals surface area contributed by atoms with E-state index in [4.69, 9.17) is 40.9 Å². The fourth-order valence-electron chi connectivity index (χ4n) is 2.07. The maximum absolute atomic E-state index is 8.24. The Morgan fingerprint density at radius 1 is 0.204 bits per heavy atom. The van der Waals surface area contributed by atoms with Crippen molar-refractivity contribution in [1.82, 2.24) is 0 Å². The van der Waals surface area contributed by atoms with Crippen molar-refractivity contribution in [3.05, 3.63) is 0 Å². The van der Waals surface area contributed by atoms with Gasteiger partial charge in [-0.05, 0) is 98.7 Å². The van der Waals surface area contributed by atoms with Gasteiger partial charge >= 0.3 is 0 Å². The van der Waals surface area contributed by atoms with Gasteiger partial charge in [0.25, 0.3) is 0 Å². The Morgan fingerprint density at radius 2 is 0.265 bits per heavy atom. The van der Waals surface area contributed by atoms with Crippen LogP contribution in [0, 0.1) is 47.3 Å². The fourth-order valence-corrected chi connectivity index (χ4v) is 2.07. The van der Waals surface area contributed by atoms with Gasteiger partial charge < -0.3 is 40.9 Å².